The minimum absolute atomic E-state index is 0.139. The van der Waals surface area contributed by atoms with Gasteiger partial charge in [-0.25, -0.2) is 0 Å². The lowest BCUT2D eigenvalue weighted by Gasteiger charge is -2.19. The Bertz CT molecular complexity index is 1400. The molecule has 0 bridgehead atoms. The maximum absolute atomic E-state index is 13.5. The van der Waals surface area contributed by atoms with Crippen LogP contribution in [-0.2, 0) is 20.9 Å². The highest BCUT2D eigenvalue weighted by Crippen LogP contribution is 2.32. The number of nitriles is 1. The molecule has 0 spiro atoms. The first-order valence-corrected chi connectivity index (χ1v) is 11.6. The van der Waals surface area contributed by atoms with Gasteiger partial charge in [-0.15, -0.1) is 0 Å². The van der Waals surface area contributed by atoms with Crippen LogP contribution in [0, 0.1) is 11.3 Å². The van der Waals surface area contributed by atoms with Crippen LogP contribution in [0.5, 0.6) is 5.75 Å². The van der Waals surface area contributed by atoms with E-state index >= 15 is 0 Å². The SMILES string of the molecule is COC(=O)CN1C(=S)N(c2ccc(Cl)cc2)C(=O)/C1=C\c1ccccc1OCc1ccccc1C#N. The van der Waals surface area contributed by atoms with E-state index in [1.807, 2.05) is 18.2 Å². The van der Waals surface area contributed by atoms with Gasteiger partial charge < -0.3 is 14.4 Å². The number of ether oxygens (including phenoxy) is 2. The predicted octanol–water partition coefficient (Wildman–Crippen LogP) is 4.94. The first kappa shape index (κ1) is 24.9. The Labute approximate surface area is 218 Å². The fourth-order valence-corrected chi connectivity index (χ4v) is 4.11. The van der Waals surface area contributed by atoms with E-state index in [9.17, 15) is 14.9 Å². The fraction of sp³-hybridized carbons (Fsp3) is 0.111. The molecule has 3 aromatic rings. The summed E-state index contributed by atoms with van der Waals surface area (Å²) in [7, 11) is 1.27. The zero-order valence-corrected chi connectivity index (χ0v) is 20.8. The van der Waals surface area contributed by atoms with Gasteiger partial charge in [0.1, 0.15) is 24.6 Å². The number of hydrogen-bond acceptors (Lipinski definition) is 6. The molecule has 1 heterocycles. The number of methoxy groups -OCH3 is 1. The maximum Gasteiger partial charge on any atom is 0.325 e. The molecule has 180 valence electrons. The predicted molar refractivity (Wildman–Crippen MR) is 140 cm³/mol. The van der Waals surface area contributed by atoms with Gasteiger partial charge in [0.25, 0.3) is 5.91 Å². The summed E-state index contributed by atoms with van der Waals surface area (Å²) in [5.41, 5.74) is 2.57. The molecule has 1 amide bonds. The number of thiocarbonyl (C=S) groups is 1. The number of halogens is 1. The number of para-hydroxylation sites is 1. The number of anilines is 1. The molecule has 3 aromatic carbocycles. The molecule has 0 unspecified atom stereocenters. The molecule has 7 nitrogen and oxygen atoms in total. The monoisotopic (exact) mass is 517 g/mol. The Balaban J connectivity index is 1.70. The summed E-state index contributed by atoms with van der Waals surface area (Å²) in [5, 5.41) is 10.0. The molecule has 0 atom stereocenters. The molecule has 36 heavy (non-hydrogen) atoms. The Morgan fingerprint density at radius 1 is 1.08 bits per heavy atom. The summed E-state index contributed by atoms with van der Waals surface area (Å²) in [5.74, 6) is -0.457. The summed E-state index contributed by atoms with van der Waals surface area (Å²) < 4.78 is 10.8. The molecule has 1 saturated heterocycles. The van der Waals surface area contributed by atoms with Crippen molar-refractivity contribution in [3.8, 4) is 11.8 Å². The lowest BCUT2D eigenvalue weighted by atomic mass is 10.1. The molecule has 1 fully saturated rings. The standard InChI is InChI=1S/C27H20ClN3O4S/c1-34-25(32)16-30-23(26(33)31(27(30)36)22-12-10-21(28)11-13-22)14-18-6-4-5-9-24(18)35-17-20-8-3-2-7-19(20)15-29/h2-14H,16-17H2,1H3/b23-14+. The van der Waals surface area contributed by atoms with Crippen molar-refractivity contribution in [2.75, 3.05) is 18.6 Å². The van der Waals surface area contributed by atoms with Gasteiger partial charge in [-0.05, 0) is 54.7 Å². The van der Waals surface area contributed by atoms with E-state index < -0.39 is 11.9 Å². The van der Waals surface area contributed by atoms with Crippen molar-refractivity contribution >= 4 is 52.6 Å². The number of carbonyl (C=O) groups excluding carboxylic acids is 2. The number of benzene rings is 3. The van der Waals surface area contributed by atoms with Gasteiger partial charge in [-0.1, -0.05) is 48.0 Å². The van der Waals surface area contributed by atoms with Gasteiger partial charge >= 0.3 is 5.97 Å². The third-order valence-electron chi connectivity index (χ3n) is 5.47. The topological polar surface area (TPSA) is 82.9 Å². The molecular formula is C27H20ClN3O4S. The van der Waals surface area contributed by atoms with Crippen molar-refractivity contribution in [2.24, 2.45) is 0 Å². The lowest BCUT2D eigenvalue weighted by Crippen LogP contribution is -2.35. The summed E-state index contributed by atoms with van der Waals surface area (Å²) in [6, 6.07) is 23.1. The molecule has 0 saturated carbocycles. The van der Waals surface area contributed by atoms with Crippen LogP contribution in [0.25, 0.3) is 6.08 Å². The lowest BCUT2D eigenvalue weighted by molar-refractivity contribution is -0.140. The van der Waals surface area contributed by atoms with Crippen molar-refractivity contribution in [1.29, 1.82) is 5.26 Å². The average Bonchev–Trinajstić information content (AvgIpc) is 3.12. The zero-order valence-electron chi connectivity index (χ0n) is 19.2. The largest absolute Gasteiger partial charge is 0.488 e. The molecular weight excluding hydrogens is 498 g/mol. The summed E-state index contributed by atoms with van der Waals surface area (Å²) in [6.07, 6.45) is 1.62. The maximum atomic E-state index is 13.5. The van der Waals surface area contributed by atoms with E-state index in [1.165, 1.54) is 16.9 Å². The molecule has 0 radical (unpaired) electrons. The normalized spacial score (nSPS) is 14.2. The van der Waals surface area contributed by atoms with Crippen molar-refractivity contribution in [3.05, 3.63) is 100 Å². The Morgan fingerprint density at radius 3 is 2.50 bits per heavy atom. The zero-order chi connectivity index (χ0) is 25.7. The second kappa shape index (κ2) is 11.0. The number of esters is 1. The van der Waals surface area contributed by atoms with Gasteiger partial charge in [-0.3, -0.25) is 14.5 Å². The van der Waals surface area contributed by atoms with Gasteiger partial charge in [0, 0.05) is 16.1 Å². The highest BCUT2D eigenvalue weighted by Gasteiger charge is 2.40. The molecule has 0 aliphatic carbocycles. The van der Waals surface area contributed by atoms with Gasteiger partial charge in [0.2, 0.25) is 0 Å². The van der Waals surface area contributed by atoms with E-state index in [4.69, 9.17) is 33.3 Å². The van der Waals surface area contributed by atoms with Crippen molar-refractivity contribution < 1.29 is 19.1 Å². The molecule has 4 rings (SSSR count). The first-order valence-electron chi connectivity index (χ1n) is 10.8. The Hall–Kier alpha value is -4.19. The summed E-state index contributed by atoms with van der Waals surface area (Å²) in [4.78, 5) is 28.4. The highest BCUT2D eigenvalue weighted by molar-refractivity contribution is 7.80. The number of hydrogen-bond donors (Lipinski definition) is 0. The second-order valence-corrected chi connectivity index (χ2v) is 8.49. The van der Waals surface area contributed by atoms with Crippen LogP contribution in [0.4, 0.5) is 5.69 Å². The van der Waals surface area contributed by atoms with Crippen molar-refractivity contribution in [1.82, 2.24) is 4.90 Å². The second-order valence-electron chi connectivity index (χ2n) is 7.69. The number of nitrogens with zero attached hydrogens (tertiary/aromatic N) is 3. The minimum Gasteiger partial charge on any atom is -0.488 e. The van der Waals surface area contributed by atoms with E-state index in [0.717, 1.165) is 5.56 Å². The minimum atomic E-state index is -0.549. The van der Waals surface area contributed by atoms with Crippen LogP contribution in [0.2, 0.25) is 5.02 Å². The van der Waals surface area contributed by atoms with Gasteiger partial charge in [0.15, 0.2) is 5.11 Å². The van der Waals surface area contributed by atoms with E-state index in [1.54, 1.807) is 60.7 Å². The Morgan fingerprint density at radius 2 is 1.78 bits per heavy atom. The van der Waals surface area contributed by atoms with Gasteiger partial charge in [-0.2, -0.15) is 5.26 Å². The third kappa shape index (κ3) is 5.23. The number of rotatable bonds is 7. The van der Waals surface area contributed by atoms with Crippen LogP contribution in [-0.4, -0.2) is 35.5 Å². The van der Waals surface area contributed by atoms with Crippen LogP contribution in [0.15, 0.2) is 78.5 Å². The average molecular weight is 518 g/mol. The third-order valence-corrected chi connectivity index (χ3v) is 6.12. The van der Waals surface area contributed by atoms with Crippen LogP contribution >= 0.6 is 23.8 Å². The number of amides is 1. The Kier molecular flexibility index (Phi) is 7.64. The van der Waals surface area contributed by atoms with Crippen LogP contribution in [0.1, 0.15) is 16.7 Å². The molecule has 9 heteroatoms. The highest BCUT2D eigenvalue weighted by atomic mass is 35.5. The molecule has 0 N–H and O–H groups in total. The van der Waals surface area contributed by atoms with Crippen LogP contribution in [0.3, 0.4) is 0 Å². The summed E-state index contributed by atoms with van der Waals surface area (Å²) in [6.45, 7) is -0.0748. The van der Waals surface area contributed by atoms with Crippen LogP contribution < -0.4 is 9.64 Å². The van der Waals surface area contributed by atoms with E-state index in [2.05, 4.69) is 6.07 Å². The van der Waals surface area contributed by atoms with Crippen molar-refractivity contribution in [3.63, 3.8) is 0 Å². The molecule has 1 aliphatic rings. The summed E-state index contributed by atoms with van der Waals surface area (Å²) >= 11 is 11.6. The fourth-order valence-electron chi connectivity index (χ4n) is 3.63. The van der Waals surface area contributed by atoms with E-state index in [-0.39, 0.29) is 24.0 Å². The quantitative estimate of drug-likeness (QED) is 0.249. The van der Waals surface area contributed by atoms with E-state index in [0.29, 0.717) is 27.6 Å². The molecule has 1 aliphatic heterocycles. The smallest absolute Gasteiger partial charge is 0.325 e. The number of carbonyl (C=O) groups is 2. The first-order chi connectivity index (χ1) is 17.4. The molecule has 0 aromatic heterocycles. The van der Waals surface area contributed by atoms with Crippen molar-refractivity contribution in [2.45, 2.75) is 6.61 Å². The van der Waals surface area contributed by atoms with Gasteiger partial charge in [0.05, 0.1) is 24.4 Å².